The summed E-state index contributed by atoms with van der Waals surface area (Å²) in [5, 5.41) is 0. The molecule has 0 radical (unpaired) electrons. The third-order valence-electron chi connectivity index (χ3n) is 3.28. The molecule has 1 amide bonds. The Morgan fingerprint density at radius 2 is 1.91 bits per heavy atom. The summed E-state index contributed by atoms with van der Waals surface area (Å²) in [6, 6.07) is 13.0. The van der Waals surface area contributed by atoms with Crippen molar-refractivity contribution in [2.24, 2.45) is 0 Å². The van der Waals surface area contributed by atoms with Gasteiger partial charge in [0.2, 0.25) is 5.91 Å². The van der Waals surface area contributed by atoms with Gasteiger partial charge in [-0.2, -0.15) is 0 Å². The zero-order valence-electron chi connectivity index (χ0n) is 12.9. The van der Waals surface area contributed by atoms with Gasteiger partial charge < -0.3 is 14.2 Å². The molecule has 0 aliphatic carbocycles. The average molecular weight is 300 g/mol. The van der Waals surface area contributed by atoms with E-state index in [0.717, 1.165) is 5.56 Å². The van der Waals surface area contributed by atoms with Crippen molar-refractivity contribution in [1.29, 1.82) is 0 Å². The van der Waals surface area contributed by atoms with Gasteiger partial charge in [-0.3, -0.25) is 9.59 Å². The van der Waals surface area contributed by atoms with Gasteiger partial charge in [0.1, 0.15) is 6.54 Å². The van der Waals surface area contributed by atoms with Crippen LogP contribution in [0.5, 0.6) is 5.75 Å². The molecule has 0 bridgehead atoms. The first-order valence-corrected chi connectivity index (χ1v) is 7.22. The average Bonchev–Trinajstić information content (AvgIpc) is 2.52. The predicted octanol–water partition coefficient (Wildman–Crippen LogP) is 1.91. The molecule has 5 nitrogen and oxygen atoms in total. The summed E-state index contributed by atoms with van der Waals surface area (Å²) < 4.78 is 6.63. The van der Waals surface area contributed by atoms with Crippen molar-refractivity contribution < 1.29 is 9.53 Å². The van der Waals surface area contributed by atoms with Gasteiger partial charge in [-0.1, -0.05) is 30.3 Å². The molecule has 2 rings (SSSR count). The summed E-state index contributed by atoms with van der Waals surface area (Å²) in [7, 11) is 1.73. The highest BCUT2D eigenvalue weighted by molar-refractivity contribution is 5.75. The van der Waals surface area contributed by atoms with Crippen molar-refractivity contribution in [3.63, 3.8) is 0 Å². The first-order chi connectivity index (χ1) is 10.6. The topological polar surface area (TPSA) is 51.5 Å². The maximum absolute atomic E-state index is 12.3. The van der Waals surface area contributed by atoms with E-state index < -0.39 is 0 Å². The van der Waals surface area contributed by atoms with Crippen LogP contribution in [0.15, 0.2) is 53.5 Å². The van der Waals surface area contributed by atoms with Crippen LogP contribution in [0.3, 0.4) is 0 Å². The highest BCUT2D eigenvalue weighted by Gasteiger charge is 2.12. The summed E-state index contributed by atoms with van der Waals surface area (Å²) in [6.45, 7) is 2.75. The van der Waals surface area contributed by atoms with Crippen molar-refractivity contribution in [2.75, 3.05) is 13.7 Å². The second-order valence-corrected chi connectivity index (χ2v) is 4.97. The molecule has 0 spiro atoms. The van der Waals surface area contributed by atoms with Gasteiger partial charge in [-0.15, -0.1) is 0 Å². The van der Waals surface area contributed by atoms with Crippen LogP contribution < -0.4 is 10.3 Å². The van der Waals surface area contributed by atoms with E-state index in [1.165, 1.54) is 4.57 Å². The standard InChI is InChI=1S/C17H20N2O3/c1-3-22-15-10-7-11-19(17(15)21)13-16(20)18(2)12-14-8-5-4-6-9-14/h4-11H,3,12-13H2,1-2H3. The molecule has 1 aromatic carbocycles. The third-order valence-corrected chi connectivity index (χ3v) is 3.28. The Morgan fingerprint density at radius 1 is 1.18 bits per heavy atom. The first kappa shape index (κ1) is 15.8. The molecule has 0 N–H and O–H groups in total. The van der Waals surface area contributed by atoms with Crippen LogP contribution in [0.2, 0.25) is 0 Å². The van der Waals surface area contributed by atoms with E-state index in [0.29, 0.717) is 13.2 Å². The Bertz CT molecular complexity index is 680. The molecule has 116 valence electrons. The Hall–Kier alpha value is -2.56. The summed E-state index contributed by atoms with van der Waals surface area (Å²) in [5.41, 5.74) is 0.763. The molecule has 0 saturated carbocycles. The molecule has 0 unspecified atom stereocenters. The minimum atomic E-state index is -0.286. The number of carbonyl (C=O) groups is 1. The van der Waals surface area contributed by atoms with Crippen LogP contribution in [0.4, 0.5) is 0 Å². The molecule has 1 heterocycles. The van der Waals surface area contributed by atoms with E-state index in [2.05, 4.69) is 0 Å². The lowest BCUT2D eigenvalue weighted by Crippen LogP contribution is -2.33. The number of benzene rings is 1. The Balaban J connectivity index is 2.05. The Labute approximate surface area is 129 Å². The molecule has 0 aliphatic rings. The number of amides is 1. The molecular weight excluding hydrogens is 280 g/mol. The van der Waals surface area contributed by atoms with Crippen LogP contribution in [0.25, 0.3) is 0 Å². The summed E-state index contributed by atoms with van der Waals surface area (Å²) in [6.07, 6.45) is 1.60. The number of likely N-dealkylation sites (N-methyl/N-ethyl adjacent to an activating group) is 1. The zero-order chi connectivity index (χ0) is 15.9. The number of aromatic nitrogens is 1. The van der Waals surface area contributed by atoms with Gasteiger partial charge in [-0.05, 0) is 24.6 Å². The smallest absolute Gasteiger partial charge is 0.293 e. The Kier molecular flexibility index (Phi) is 5.36. The van der Waals surface area contributed by atoms with E-state index in [4.69, 9.17) is 4.74 Å². The first-order valence-electron chi connectivity index (χ1n) is 7.22. The van der Waals surface area contributed by atoms with Crippen molar-refractivity contribution in [1.82, 2.24) is 9.47 Å². The molecular formula is C17H20N2O3. The largest absolute Gasteiger partial charge is 0.488 e. The van der Waals surface area contributed by atoms with Gasteiger partial charge in [0.15, 0.2) is 5.75 Å². The van der Waals surface area contributed by atoms with E-state index in [-0.39, 0.29) is 23.8 Å². The van der Waals surface area contributed by atoms with E-state index in [9.17, 15) is 9.59 Å². The zero-order valence-corrected chi connectivity index (χ0v) is 12.9. The minimum Gasteiger partial charge on any atom is -0.488 e. The van der Waals surface area contributed by atoms with E-state index in [1.807, 2.05) is 37.3 Å². The lowest BCUT2D eigenvalue weighted by molar-refractivity contribution is -0.131. The lowest BCUT2D eigenvalue weighted by atomic mass is 10.2. The molecule has 2 aromatic rings. The number of ether oxygens (including phenoxy) is 1. The van der Waals surface area contributed by atoms with Crippen molar-refractivity contribution in [3.8, 4) is 5.75 Å². The van der Waals surface area contributed by atoms with E-state index in [1.54, 1.807) is 30.3 Å². The maximum atomic E-state index is 12.3. The van der Waals surface area contributed by atoms with Crippen LogP contribution in [0.1, 0.15) is 12.5 Å². The molecule has 0 aliphatic heterocycles. The molecule has 0 saturated heterocycles. The van der Waals surface area contributed by atoms with Gasteiger partial charge >= 0.3 is 0 Å². The number of nitrogens with zero attached hydrogens (tertiary/aromatic N) is 2. The predicted molar refractivity (Wildman–Crippen MR) is 84.8 cm³/mol. The monoisotopic (exact) mass is 300 g/mol. The normalized spacial score (nSPS) is 10.3. The summed E-state index contributed by atoms with van der Waals surface area (Å²) in [4.78, 5) is 26.0. The number of hydrogen-bond acceptors (Lipinski definition) is 3. The van der Waals surface area contributed by atoms with Gasteiger partial charge in [-0.25, -0.2) is 0 Å². The molecule has 0 fully saturated rings. The quantitative estimate of drug-likeness (QED) is 0.819. The minimum absolute atomic E-state index is 0.00306. The fourth-order valence-electron chi connectivity index (χ4n) is 2.12. The van der Waals surface area contributed by atoms with Gasteiger partial charge in [0.05, 0.1) is 6.61 Å². The van der Waals surface area contributed by atoms with Crippen LogP contribution in [0, 0.1) is 0 Å². The second kappa shape index (κ2) is 7.45. The number of pyridine rings is 1. The van der Waals surface area contributed by atoms with E-state index >= 15 is 0 Å². The van der Waals surface area contributed by atoms with Crippen molar-refractivity contribution in [3.05, 3.63) is 64.6 Å². The highest BCUT2D eigenvalue weighted by Crippen LogP contribution is 2.05. The molecule has 5 heteroatoms. The number of carbonyl (C=O) groups excluding carboxylic acids is 1. The lowest BCUT2D eigenvalue weighted by Gasteiger charge is -2.18. The fraction of sp³-hybridized carbons (Fsp3) is 0.294. The summed E-state index contributed by atoms with van der Waals surface area (Å²) in [5.74, 6) is 0.142. The van der Waals surface area contributed by atoms with Crippen LogP contribution in [-0.4, -0.2) is 29.0 Å². The molecule has 0 atom stereocenters. The molecule has 1 aromatic heterocycles. The summed E-state index contributed by atoms with van der Waals surface area (Å²) >= 11 is 0. The third kappa shape index (κ3) is 3.97. The van der Waals surface area contributed by atoms with Gasteiger partial charge in [0.25, 0.3) is 5.56 Å². The Morgan fingerprint density at radius 3 is 2.59 bits per heavy atom. The highest BCUT2D eigenvalue weighted by atomic mass is 16.5. The second-order valence-electron chi connectivity index (χ2n) is 4.97. The number of hydrogen-bond donors (Lipinski definition) is 0. The fourth-order valence-corrected chi connectivity index (χ4v) is 2.12. The van der Waals surface area contributed by atoms with Gasteiger partial charge in [0, 0.05) is 19.8 Å². The van der Waals surface area contributed by atoms with Crippen LogP contribution in [-0.2, 0) is 17.9 Å². The molecule has 22 heavy (non-hydrogen) atoms. The number of rotatable bonds is 6. The van der Waals surface area contributed by atoms with Crippen molar-refractivity contribution in [2.45, 2.75) is 20.0 Å². The van der Waals surface area contributed by atoms with Crippen LogP contribution >= 0.6 is 0 Å². The maximum Gasteiger partial charge on any atom is 0.293 e. The van der Waals surface area contributed by atoms with Crippen molar-refractivity contribution >= 4 is 5.91 Å². The SMILES string of the molecule is CCOc1cccn(CC(=O)N(C)Cc2ccccc2)c1=O.